The third-order valence-electron chi connectivity index (χ3n) is 4.51. The molecule has 1 aromatic rings. The average molecular weight is 262 g/mol. The van der Waals surface area contributed by atoms with Gasteiger partial charge >= 0.3 is 0 Å². The van der Waals surface area contributed by atoms with Crippen LogP contribution >= 0.6 is 0 Å². The molecule has 1 aliphatic heterocycles. The fourth-order valence-electron chi connectivity index (χ4n) is 3.47. The summed E-state index contributed by atoms with van der Waals surface area (Å²) >= 11 is 0. The minimum atomic E-state index is 0.331. The van der Waals surface area contributed by atoms with Crippen LogP contribution in [0, 0.1) is 5.41 Å². The highest BCUT2D eigenvalue weighted by molar-refractivity contribution is 5.45. The lowest BCUT2D eigenvalue weighted by Gasteiger charge is -2.48. The van der Waals surface area contributed by atoms with Gasteiger partial charge in [0, 0.05) is 18.0 Å². The van der Waals surface area contributed by atoms with Crippen LogP contribution in [-0.2, 0) is 0 Å². The van der Waals surface area contributed by atoms with Gasteiger partial charge in [-0.15, -0.1) is 0 Å². The first-order valence-electron chi connectivity index (χ1n) is 7.00. The fourth-order valence-corrected chi connectivity index (χ4v) is 3.47. The highest BCUT2D eigenvalue weighted by Crippen LogP contribution is 2.50. The van der Waals surface area contributed by atoms with Crippen molar-refractivity contribution in [2.75, 3.05) is 27.4 Å². The first-order chi connectivity index (χ1) is 9.29. The van der Waals surface area contributed by atoms with Gasteiger partial charge in [-0.1, -0.05) is 12.5 Å². The zero-order chi connectivity index (χ0) is 13.3. The Kier molecular flexibility index (Phi) is 3.37. The van der Waals surface area contributed by atoms with Crippen LogP contribution in [0.5, 0.6) is 11.5 Å². The topological polar surface area (TPSA) is 42.5 Å². The van der Waals surface area contributed by atoms with Crippen molar-refractivity contribution in [2.45, 2.75) is 25.3 Å². The quantitative estimate of drug-likeness (QED) is 0.852. The molecule has 1 fully saturated rings. The van der Waals surface area contributed by atoms with Crippen molar-refractivity contribution in [1.29, 1.82) is 0 Å². The highest BCUT2D eigenvalue weighted by Gasteiger charge is 2.43. The molecule has 0 aromatic heterocycles. The minimum absolute atomic E-state index is 0.331. The van der Waals surface area contributed by atoms with E-state index >= 15 is 0 Å². The maximum absolute atomic E-state index is 5.49. The van der Waals surface area contributed by atoms with Crippen molar-refractivity contribution in [3.05, 3.63) is 23.8 Å². The number of hydrogen-bond acceptors (Lipinski definition) is 4. The molecule has 3 rings (SSSR count). The summed E-state index contributed by atoms with van der Waals surface area (Å²) in [4.78, 5) is 0. The standard InChI is InChI=1S/C15H22N2O2/c1-16-9-15(6-3-7-15)14(17-2)11-4-5-12-13(8-11)19-10-18-12/h4-5,8,14,16-17H,3,6-7,9-10H2,1-2H3. The van der Waals surface area contributed by atoms with Gasteiger partial charge in [0.25, 0.3) is 0 Å². The van der Waals surface area contributed by atoms with Crippen LogP contribution in [0.4, 0.5) is 0 Å². The van der Waals surface area contributed by atoms with Crippen molar-refractivity contribution >= 4 is 0 Å². The molecule has 0 bridgehead atoms. The Morgan fingerprint density at radius 2 is 2.00 bits per heavy atom. The molecular formula is C15H22N2O2. The maximum Gasteiger partial charge on any atom is 0.231 e. The third kappa shape index (κ3) is 2.09. The molecule has 1 aliphatic carbocycles. The van der Waals surface area contributed by atoms with Gasteiger partial charge in [0.15, 0.2) is 11.5 Å². The minimum Gasteiger partial charge on any atom is -0.454 e. The SMILES string of the molecule is CNCC1(C(NC)c2ccc3c(c2)OCO3)CCC1. The van der Waals surface area contributed by atoms with Gasteiger partial charge in [-0.3, -0.25) is 0 Å². The van der Waals surface area contributed by atoms with Crippen LogP contribution in [0.2, 0.25) is 0 Å². The van der Waals surface area contributed by atoms with Crippen molar-refractivity contribution in [1.82, 2.24) is 10.6 Å². The van der Waals surface area contributed by atoms with Gasteiger partial charge < -0.3 is 20.1 Å². The van der Waals surface area contributed by atoms with Gasteiger partial charge in [-0.25, -0.2) is 0 Å². The molecule has 0 radical (unpaired) electrons. The first kappa shape index (κ1) is 12.8. The Labute approximate surface area is 114 Å². The zero-order valence-electron chi connectivity index (χ0n) is 11.7. The van der Waals surface area contributed by atoms with Gasteiger partial charge in [0.2, 0.25) is 6.79 Å². The third-order valence-corrected chi connectivity index (χ3v) is 4.51. The largest absolute Gasteiger partial charge is 0.454 e. The van der Waals surface area contributed by atoms with E-state index in [2.05, 4.69) is 22.8 Å². The number of benzene rings is 1. The summed E-state index contributed by atoms with van der Waals surface area (Å²) in [5.74, 6) is 1.73. The van der Waals surface area contributed by atoms with Crippen LogP contribution in [0.3, 0.4) is 0 Å². The normalized spacial score (nSPS) is 20.9. The van der Waals surface area contributed by atoms with Crippen LogP contribution in [0.15, 0.2) is 18.2 Å². The summed E-state index contributed by atoms with van der Waals surface area (Å²) in [6, 6.07) is 6.67. The number of rotatable bonds is 5. The van der Waals surface area contributed by atoms with Crippen molar-refractivity contribution in [2.24, 2.45) is 5.41 Å². The smallest absolute Gasteiger partial charge is 0.231 e. The van der Waals surface area contributed by atoms with E-state index < -0.39 is 0 Å². The highest BCUT2D eigenvalue weighted by atomic mass is 16.7. The molecule has 2 N–H and O–H groups in total. The van der Waals surface area contributed by atoms with E-state index in [0.29, 0.717) is 18.2 Å². The van der Waals surface area contributed by atoms with Crippen LogP contribution in [-0.4, -0.2) is 27.4 Å². The number of hydrogen-bond donors (Lipinski definition) is 2. The lowest BCUT2D eigenvalue weighted by atomic mass is 9.62. The van der Waals surface area contributed by atoms with E-state index in [0.717, 1.165) is 18.0 Å². The predicted octanol–water partition coefficient (Wildman–Crippen LogP) is 2.07. The van der Waals surface area contributed by atoms with Gasteiger partial charge in [0.05, 0.1) is 0 Å². The molecule has 1 unspecified atom stereocenters. The monoisotopic (exact) mass is 262 g/mol. The molecule has 1 atom stereocenters. The van der Waals surface area contributed by atoms with E-state index in [9.17, 15) is 0 Å². The zero-order valence-corrected chi connectivity index (χ0v) is 11.7. The fraction of sp³-hybridized carbons (Fsp3) is 0.600. The van der Waals surface area contributed by atoms with Gasteiger partial charge in [-0.2, -0.15) is 0 Å². The summed E-state index contributed by atoms with van der Waals surface area (Å²) in [5.41, 5.74) is 1.62. The molecule has 104 valence electrons. The van der Waals surface area contributed by atoms with Crippen LogP contribution in [0.1, 0.15) is 30.9 Å². The number of ether oxygens (including phenoxy) is 2. The van der Waals surface area contributed by atoms with Gasteiger partial charge in [-0.05, 0) is 44.6 Å². The van der Waals surface area contributed by atoms with E-state index in [1.807, 2.05) is 20.2 Å². The molecule has 19 heavy (non-hydrogen) atoms. The van der Waals surface area contributed by atoms with Crippen molar-refractivity contribution < 1.29 is 9.47 Å². The molecule has 4 nitrogen and oxygen atoms in total. The molecule has 1 saturated carbocycles. The summed E-state index contributed by atoms with van der Waals surface area (Å²) in [7, 11) is 4.08. The molecule has 0 saturated heterocycles. The Hall–Kier alpha value is -1.26. The van der Waals surface area contributed by atoms with Gasteiger partial charge in [0.1, 0.15) is 0 Å². The summed E-state index contributed by atoms with van der Waals surface area (Å²) in [6.45, 7) is 1.39. The van der Waals surface area contributed by atoms with Crippen LogP contribution < -0.4 is 20.1 Å². The Balaban J connectivity index is 1.89. The molecule has 2 aliphatic rings. The van der Waals surface area contributed by atoms with Crippen molar-refractivity contribution in [3.8, 4) is 11.5 Å². The second-order valence-corrected chi connectivity index (χ2v) is 5.58. The molecule has 1 heterocycles. The van der Waals surface area contributed by atoms with E-state index in [-0.39, 0.29) is 0 Å². The Bertz CT molecular complexity index is 457. The Morgan fingerprint density at radius 3 is 2.63 bits per heavy atom. The number of fused-ring (bicyclic) bond motifs is 1. The second-order valence-electron chi connectivity index (χ2n) is 5.58. The molecule has 0 amide bonds. The lowest BCUT2D eigenvalue weighted by molar-refractivity contribution is 0.0788. The summed E-state index contributed by atoms with van der Waals surface area (Å²) in [5, 5.41) is 6.85. The lowest BCUT2D eigenvalue weighted by Crippen LogP contribution is -2.47. The number of nitrogens with one attached hydrogen (secondary N) is 2. The second kappa shape index (κ2) is 5.02. The van der Waals surface area contributed by atoms with E-state index in [1.165, 1.54) is 24.8 Å². The maximum atomic E-state index is 5.49. The summed E-state index contributed by atoms with van der Waals surface area (Å²) in [6.07, 6.45) is 3.87. The average Bonchev–Trinajstić information content (AvgIpc) is 2.84. The Morgan fingerprint density at radius 1 is 1.21 bits per heavy atom. The molecule has 4 heteroatoms. The van der Waals surface area contributed by atoms with Crippen LogP contribution in [0.25, 0.3) is 0 Å². The molecule has 0 spiro atoms. The van der Waals surface area contributed by atoms with Crippen molar-refractivity contribution in [3.63, 3.8) is 0 Å². The molecular weight excluding hydrogens is 240 g/mol. The van der Waals surface area contributed by atoms with E-state index in [1.54, 1.807) is 0 Å². The first-order valence-corrected chi connectivity index (χ1v) is 7.00. The van der Waals surface area contributed by atoms with E-state index in [4.69, 9.17) is 9.47 Å². The predicted molar refractivity (Wildman–Crippen MR) is 74.6 cm³/mol. The summed E-state index contributed by atoms with van der Waals surface area (Å²) < 4.78 is 10.9. The molecule has 1 aromatic carbocycles.